The fourth-order valence-electron chi connectivity index (χ4n) is 2.54. The van der Waals surface area contributed by atoms with Gasteiger partial charge in [0.1, 0.15) is 0 Å². The molecular formula is C14H16N4O. The Balaban J connectivity index is 1.99. The van der Waals surface area contributed by atoms with Crippen LogP contribution in [0.4, 0.5) is 4.79 Å². The third-order valence-corrected chi connectivity index (χ3v) is 3.46. The van der Waals surface area contributed by atoms with Crippen LogP contribution in [0, 0.1) is 0 Å². The number of nitrogens with two attached hydrogens (primary N) is 1. The minimum absolute atomic E-state index is 0.512. The molecule has 5 nitrogen and oxygen atoms in total. The Morgan fingerprint density at radius 1 is 1.32 bits per heavy atom. The Labute approximate surface area is 111 Å². The first-order valence-electron chi connectivity index (χ1n) is 6.40. The molecule has 0 saturated heterocycles. The van der Waals surface area contributed by atoms with Gasteiger partial charge in [-0.15, -0.1) is 0 Å². The average Bonchev–Trinajstić information content (AvgIpc) is 2.47. The highest BCUT2D eigenvalue weighted by molar-refractivity contribution is 6.03. The number of hydrazone groups is 1. The minimum Gasteiger partial charge on any atom is -0.350 e. The molecule has 0 unspecified atom stereocenters. The fraction of sp³-hybridized carbons (Fsp3) is 0.286. The van der Waals surface area contributed by atoms with E-state index in [1.54, 1.807) is 0 Å². The first kappa shape index (κ1) is 11.9. The van der Waals surface area contributed by atoms with Gasteiger partial charge in [-0.2, -0.15) is 10.1 Å². The SMILES string of the molecule is NC(=O)N1N=C(c2ccccc2)CC2=C1CCNC2. The summed E-state index contributed by atoms with van der Waals surface area (Å²) in [6.07, 6.45) is 1.57. The Morgan fingerprint density at radius 3 is 2.84 bits per heavy atom. The van der Waals surface area contributed by atoms with E-state index in [2.05, 4.69) is 10.4 Å². The lowest BCUT2D eigenvalue weighted by Crippen LogP contribution is -2.40. The molecule has 0 spiro atoms. The third-order valence-electron chi connectivity index (χ3n) is 3.46. The molecular weight excluding hydrogens is 240 g/mol. The van der Waals surface area contributed by atoms with Crippen molar-refractivity contribution in [3.05, 3.63) is 47.2 Å². The predicted octanol–water partition coefficient (Wildman–Crippen LogP) is 1.42. The summed E-state index contributed by atoms with van der Waals surface area (Å²) in [7, 11) is 0. The van der Waals surface area contributed by atoms with Gasteiger partial charge >= 0.3 is 6.03 Å². The molecule has 0 saturated carbocycles. The molecule has 2 amide bonds. The number of hydrogen-bond donors (Lipinski definition) is 2. The lowest BCUT2D eigenvalue weighted by molar-refractivity contribution is 0.218. The Hall–Kier alpha value is -2.14. The lowest BCUT2D eigenvalue weighted by Gasteiger charge is -2.31. The standard InChI is InChI=1S/C14H16N4O/c15-14(19)18-13-6-7-16-9-11(13)8-12(17-18)10-4-2-1-3-5-10/h1-5,16H,6-9H2,(H2,15,19). The van der Waals surface area contributed by atoms with Crippen molar-refractivity contribution in [2.75, 3.05) is 13.1 Å². The predicted molar refractivity (Wildman–Crippen MR) is 73.5 cm³/mol. The molecule has 2 aliphatic rings. The summed E-state index contributed by atoms with van der Waals surface area (Å²) in [5.41, 5.74) is 9.53. The van der Waals surface area contributed by atoms with Crippen LogP contribution in [-0.4, -0.2) is 29.8 Å². The number of hydrogen-bond acceptors (Lipinski definition) is 3. The molecule has 1 aromatic carbocycles. The van der Waals surface area contributed by atoms with Gasteiger partial charge in [-0.1, -0.05) is 30.3 Å². The van der Waals surface area contributed by atoms with Crippen LogP contribution in [0.3, 0.4) is 0 Å². The summed E-state index contributed by atoms with van der Waals surface area (Å²) in [6, 6.07) is 9.39. The molecule has 2 heterocycles. The van der Waals surface area contributed by atoms with Crippen molar-refractivity contribution in [1.29, 1.82) is 0 Å². The second-order valence-corrected chi connectivity index (χ2v) is 4.72. The summed E-state index contributed by atoms with van der Waals surface area (Å²) in [4.78, 5) is 11.6. The maximum absolute atomic E-state index is 11.6. The molecule has 3 N–H and O–H groups in total. The number of carbonyl (C=O) groups is 1. The number of nitrogens with zero attached hydrogens (tertiary/aromatic N) is 2. The van der Waals surface area contributed by atoms with Gasteiger partial charge in [-0.3, -0.25) is 0 Å². The van der Waals surface area contributed by atoms with Crippen LogP contribution in [0.5, 0.6) is 0 Å². The molecule has 0 aliphatic carbocycles. The van der Waals surface area contributed by atoms with Gasteiger partial charge in [0.05, 0.1) is 5.71 Å². The van der Waals surface area contributed by atoms with Crippen molar-refractivity contribution >= 4 is 11.7 Å². The van der Waals surface area contributed by atoms with Crippen LogP contribution in [0.25, 0.3) is 0 Å². The van der Waals surface area contributed by atoms with Gasteiger partial charge < -0.3 is 11.1 Å². The maximum atomic E-state index is 11.6. The van der Waals surface area contributed by atoms with Gasteiger partial charge in [0.2, 0.25) is 0 Å². The highest BCUT2D eigenvalue weighted by Crippen LogP contribution is 2.27. The lowest BCUT2D eigenvalue weighted by atomic mass is 9.96. The number of carbonyl (C=O) groups excluding carboxylic acids is 1. The maximum Gasteiger partial charge on any atom is 0.339 e. The molecule has 5 heteroatoms. The molecule has 1 aromatic rings. The zero-order valence-electron chi connectivity index (χ0n) is 10.6. The summed E-state index contributed by atoms with van der Waals surface area (Å²) in [5.74, 6) is 0. The zero-order valence-corrected chi connectivity index (χ0v) is 10.6. The molecule has 0 fully saturated rings. The largest absolute Gasteiger partial charge is 0.350 e. The van der Waals surface area contributed by atoms with E-state index in [4.69, 9.17) is 5.73 Å². The van der Waals surface area contributed by atoms with E-state index < -0.39 is 6.03 Å². The monoisotopic (exact) mass is 256 g/mol. The van der Waals surface area contributed by atoms with Crippen molar-refractivity contribution in [2.45, 2.75) is 12.8 Å². The molecule has 0 bridgehead atoms. The van der Waals surface area contributed by atoms with E-state index in [0.29, 0.717) is 0 Å². The van der Waals surface area contributed by atoms with Crippen LogP contribution < -0.4 is 11.1 Å². The molecule has 0 radical (unpaired) electrons. The summed E-state index contributed by atoms with van der Waals surface area (Å²) < 4.78 is 0. The quantitative estimate of drug-likeness (QED) is 0.797. The van der Waals surface area contributed by atoms with Crippen molar-refractivity contribution < 1.29 is 4.79 Å². The topological polar surface area (TPSA) is 70.7 Å². The van der Waals surface area contributed by atoms with Crippen LogP contribution in [0.1, 0.15) is 18.4 Å². The number of amides is 2. The second kappa shape index (κ2) is 4.85. The second-order valence-electron chi connectivity index (χ2n) is 4.72. The van der Waals surface area contributed by atoms with Crippen LogP contribution in [-0.2, 0) is 0 Å². The van der Waals surface area contributed by atoms with Gasteiger partial charge in [-0.25, -0.2) is 4.79 Å². The molecule has 98 valence electrons. The normalized spacial score (nSPS) is 18.9. The Bertz CT molecular complexity index is 562. The average molecular weight is 256 g/mol. The van der Waals surface area contributed by atoms with E-state index >= 15 is 0 Å². The number of primary amides is 1. The van der Waals surface area contributed by atoms with Gasteiger partial charge in [-0.05, 0) is 11.1 Å². The smallest absolute Gasteiger partial charge is 0.339 e. The van der Waals surface area contributed by atoms with Gasteiger partial charge in [0.25, 0.3) is 0 Å². The number of rotatable bonds is 1. The van der Waals surface area contributed by atoms with Crippen molar-refractivity contribution in [3.63, 3.8) is 0 Å². The first-order valence-corrected chi connectivity index (χ1v) is 6.40. The molecule has 2 aliphatic heterocycles. The van der Waals surface area contributed by atoms with Crippen LogP contribution in [0.2, 0.25) is 0 Å². The molecule has 19 heavy (non-hydrogen) atoms. The summed E-state index contributed by atoms with van der Waals surface area (Å²) in [5, 5.41) is 9.11. The third kappa shape index (κ3) is 2.24. The van der Waals surface area contributed by atoms with Crippen molar-refractivity contribution in [3.8, 4) is 0 Å². The molecule has 0 aromatic heterocycles. The number of benzene rings is 1. The Morgan fingerprint density at radius 2 is 2.11 bits per heavy atom. The first-order chi connectivity index (χ1) is 9.25. The van der Waals surface area contributed by atoms with E-state index in [1.165, 1.54) is 10.6 Å². The summed E-state index contributed by atoms with van der Waals surface area (Å²) >= 11 is 0. The summed E-state index contributed by atoms with van der Waals surface area (Å²) in [6.45, 7) is 1.66. The van der Waals surface area contributed by atoms with Gasteiger partial charge in [0.15, 0.2) is 0 Å². The highest BCUT2D eigenvalue weighted by Gasteiger charge is 2.27. The van der Waals surface area contributed by atoms with Crippen LogP contribution >= 0.6 is 0 Å². The Kier molecular flexibility index (Phi) is 3.05. The zero-order chi connectivity index (χ0) is 13.2. The van der Waals surface area contributed by atoms with E-state index in [1.807, 2.05) is 30.3 Å². The fourth-order valence-corrected chi connectivity index (χ4v) is 2.54. The van der Waals surface area contributed by atoms with E-state index in [-0.39, 0.29) is 0 Å². The number of urea groups is 1. The van der Waals surface area contributed by atoms with E-state index in [9.17, 15) is 4.79 Å². The van der Waals surface area contributed by atoms with Crippen LogP contribution in [0.15, 0.2) is 46.7 Å². The van der Waals surface area contributed by atoms with E-state index in [0.717, 1.165) is 42.9 Å². The molecule has 3 rings (SSSR count). The minimum atomic E-state index is -0.512. The van der Waals surface area contributed by atoms with Gasteiger partial charge in [0, 0.05) is 31.6 Å². The highest BCUT2D eigenvalue weighted by atomic mass is 16.2. The molecule has 0 atom stereocenters. The van der Waals surface area contributed by atoms with Crippen molar-refractivity contribution in [2.24, 2.45) is 10.8 Å². The number of nitrogens with one attached hydrogen (secondary N) is 1. The van der Waals surface area contributed by atoms with Crippen molar-refractivity contribution in [1.82, 2.24) is 10.3 Å².